The zero-order valence-corrected chi connectivity index (χ0v) is 20.0. The number of Topliss-reactive ketones (excluding diaryl/α,β-unsaturated/α-hetero) is 1. The van der Waals surface area contributed by atoms with Crippen LogP contribution in [0.1, 0.15) is 48.1 Å². The molecule has 0 amide bonds. The van der Waals surface area contributed by atoms with Crippen LogP contribution < -0.4 is 4.90 Å². The SMILES string of the molecule is COC1(CC(=O)c2ccccc2)CCN(C(C)c2ccc(N3CCOCC3)cc2)CC1.Cl. The van der Waals surface area contributed by atoms with Crippen LogP contribution >= 0.6 is 12.4 Å². The van der Waals surface area contributed by atoms with Gasteiger partial charge in [0.15, 0.2) is 5.78 Å². The molecule has 0 bridgehead atoms. The van der Waals surface area contributed by atoms with Gasteiger partial charge < -0.3 is 14.4 Å². The Morgan fingerprint density at radius 3 is 2.22 bits per heavy atom. The maximum absolute atomic E-state index is 12.8. The highest BCUT2D eigenvalue weighted by atomic mass is 35.5. The fourth-order valence-corrected chi connectivity index (χ4v) is 4.79. The Morgan fingerprint density at radius 1 is 1.00 bits per heavy atom. The van der Waals surface area contributed by atoms with Crippen LogP contribution in [0.4, 0.5) is 5.69 Å². The molecule has 1 atom stereocenters. The lowest BCUT2D eigenvalue weighted by Gasteiger charge is -2.43. The first-order valence-corrected chi connectivity index (χ1v) is 11.4. The summed E-state index contributed by atoms with van der Waals surface area (Å²) in [5.74, 6) is 0.169. The molecule has 2 aromatic carbocycles. The van der Waals surface area contributed by atoms with Gasteiger partial charge in [-0.05, 0) is 37.5 Å². The summed E-state index contributed by atoms with van der Waals surface area (Å²) in [6.07, 6.45) is 2.19. The first-order valence-electron chi connectivity index (χ1n) is 11.4. The lowest BCUT2D eigenvalue weighted by atomic mass is 9.84. The third kappa shape index (κ3) is 5.70. The maximum atomic E-state index is 12.8. The van der Waals surface area contributed by atoms with E-state index in [0.29, 0.717) is 12.5 Å². The summed E-state index contributed by atoms with van der Waals surface area (Å²) >= 11 is 0. The van der Waals surface area contributed by atoms with E-state index in [-0.39, 0.29) is 23.8 Å². The number of ether oxygens (including phenoxy) is 2. The first-order chi connectivity index (χ1) is 15.1. The monoisotopic (exact) mass is 458 g/mol. The zero-order valence-electron chi connectivity index (χ0n) is 19.2. The molecule has 1 unspecified atom stereocenters. The van der Waals surface area contributed by atoms with Crippen molar-refractivity contribution < 1.29 is 14.3 Å². The maximum Gasteiger partial charge on any atom is 0.165 e. The van der Waals surface area contributed by atoms with E-state index in [1.807, 2.05) is 30.3 Å². The third-order valence-electron chi connectivity index (χ3n) is 7.02. The summed E-state index contributed by atoms with van der Waals surface area (Å²) in [5.41, 5.74) is 3.02. The van der Waals surface area contributed by atoms with Gasteiger partial charge >= 0.3 is 0 Å². The van der Waals surface area contributed by atoms with Crippen molar-refractivity contribution in [3.8, 4) is 0 Å². The van der Waals surface area contributed by atoms with E-state index in [1.54, 1.807) is 7.11 Å². The quantitative estimate of drug-likeness (QED) is 0.559. The van der Waals surface area contributed by atoms with Crippen LogP contribution in [-0.2, 0) is 9.47 Å². The fourth-order valence-electron chi connectivity index (χ4n) is 4.79. The van der Waals surface area contributed by atoms with Crippen LogP contribution in [0.2, 0.25) is 0 Å². The number of piperidine rings is 1. The molecule has 2 saturated heterocycles. The second kappa shape index (κ2) is 11.3. The van der Waals surface area contributed by atoms with Gasteiger partial charge in [0.1, 0.15) is 0 Å². The second-order valence-corrected chi connectivity index (χ2v) is 8.76. The zero-order chi connectivity index (χ0) is 21.7. The molecule has 0 saturated carbocycles. The predicted octanol–water partition coefficient (Wildman–Crippen LogP) is 4.76. The van der Waals surface area contributed by atoms with Gasteiger partial charge in [0, 0.05) is 57.0 Å². The van der Waals surface area contributed by atoms with Gasteiger partial charge in [-0.25, -0.2) is 0 Å². The van der Waals surface area contributed by atoms with E-state index in [0.717, 1.165) is 57.8 Å². The van der Waals surface area contributed by atoms with E-state index in [2.05, 4.69) is 41.0 Å². The average Bonchev–Trinajstić information content (AvgIpc) is 2.85. The number of benzene rings is 2. The molecule has 0 radical (unpaired) electrons. The molecule has 174 valence electrons. The summed E-state index contributed by atoms with van der Waals surface area (Å²) in [7, 11) is 1.75. The van der Waals surface area contributed by atoms with Crippen LogP contribution in [0.3, 0.4) is 0 Å². The molecule has 32 heavy (non-hydrogen) atoms. The Labute approximate surface area is 198 Å². The van der Waals surface area contributed by atoms with E-state index >= 15 is 0 Å². The summed E-state index contributed by atoms with van der Waals surface area (Å²) in [5, 5.41) is 0. The molecule has 2 aromatic rings. The number of hydrogen-bond donors (Lipinski definition) is 0. The third-order valence-corrected chi connectivity index (χ3v) is 7.02. The van der Waals surface area contributed by atoms with Crippen molar-refractivity contribution in [2.75, 3.05) is 51.4 Å². The number of carbonyl (C=O) groups is 1. The highest BCUT2D eigenvalue weighted by Crippen LogP contribution is 2.34. The molecule has 4 rings (SSSR count). The van der Waals surface area contributed by atoms with Crippen molar-refractivity contribution in [3.63, 3.8) is 0 Å². The van der Waals surface area contributed by atoms with E-state index < -0.39 is 0 Å². The van der Waals surface area contributed by atoms with Crippen LogP contribution in [-0.4, -0.2) is 62.8 Å². The van der Waals surface area contributed by atoms with Crippen molar-refractivity contribution >= 4 is 23.9 Å². The van der Waals surface area contributed by atoms with E-state index in [9.17, 15) is 4.79 Å². The number of halogens is 1. The van der Waals surface area contributed by atoms with Crippen LogP contribution in [0.25, 0.3) is 0 Å². The molecule has 0 aliphatic carbocycles. The molecular weight excluding hydrogens is 424 g/mol. The van der Waals surface area contributed by atoms with Crippen molar-refractivity contribution in [2.24, 2.45) is 0 Å². The smallest absolute Gasteiger partial charge is 0.165 e. The highest BCUT2D eigenvalue weighted by Gasteiger charge is 2.38. The number of carbonyl (C=O) groups excluding carboxylic acids is 1. The molecule has 2 heterocycles. The number of anilines is 1. The van der Waals surface area contributed by atoms with E-state index in [1.165, 1.54) is 11.3 Å². The van der Waals surface area contributed by atoms with Crippen molar-refractivity contribution in [1.82, 2.24) is 4.90 Å². The molecule has 2 fully saturated rings. The van der Waals surface area contributed by atoms with Gasteiger partial charge in [-0.3, -0.25) is 9.69 Å². The minimum Gasteiger partial charge on any atom is -0.378 e. The first kappa shape index (κ1) is 24.7. The number of likely N-dealkylation sites (tertiary alicyclic amines) is 1. The van der Waals surface area contributed by atoms with Crippen molar-refractivity contribution in [3.05, 3.63) is 65.7 Å². The van der Waals surface area contributed by atoms with Crippen LogP contribution in [0.15, 0.2) is 54.6 Å². The number of ketones is 1. The number of hydrogen-bond acceptors (Lipinski definition) is 5. The molecule has 6 heteroatoms. The second-order valence-electron chi connectivity index (χ2n) is 8.76. The Morgan fingerprint density at radius 2 is 1.62 bits per heavy atom. The number of morpholine rings is 1. The summed E-state index contributed by atoms with van der Waals surface area (Å²) < 4.78 is 11.4. The summed E-state index contributed by atoms with van der Waals surface area (Å²) in [6, 6.07) is 18.9. The Kier molecular flexibility index (Phi) is 8.72. The lowest BCUT2D eigenvalue weighted by molar-refractivity contribution is -0.0624. The number of nitrogens with zero attached hydrogens (tertiary/aromatic N) is 2. The molecule has 2 aliphatic rings. The Balaban J connectivity index is 0.00000289. The Bertz CT molecular complexity index is 845. The normalized spacial score (nSPS) is 19.8. The minimum atomic E-state index is -0.358. The molecular formula is C26H35ClN2O3. The number of rotatable bonds is 7. The van der Waals surface area contributed by atoms with Crippen molar-refractivity contribution in [1.29, 1.82) is 0 Å². The predicted molar refractivity (Wildman–Crippen MR) is 131 cm³/mol. The van der Waals surface area contributed by atoms with Gasteiger partial charge in [-0.2, -0.15) is 0 Å². The summed E-state index contributed by atoms with van der Waals surface area (Å²) in [4.78, 5) is 17.7. The molecule has 5 nitrogen and oxygen atoms in total. The highest BCUT2D eigenvalue weighted by molar-refractivity contribution is 5.96. The lowest BCUT2D eigenvalue weighted by Crippen LogP contribution is -2.47. The largest absolute Gasteiger partial charge is 0.378 e. The average molecular weight is 459 g/mol. The Hall–Kier alpha value is -1.92. The minimum absolute atomic E-state index is 0. The van der Waals surface area contributed by atoms with Crippen LogP contribution in [0, 0.1) is 0 Å². The molecule has 2 aliphatic heterocycles. The standard InChI is InChI=1S/C26H34N2O3.ClH/c1-21(22-8-10-24(11-9-22)28-16-18-31-19-17-28)27-14-12-26(30-2,13-15-27)20-25(29)23-6-4-3-5-7-23;/h3-11,21H,12-20H2,1-2H3;1H. The molecule has 0 N–H and O–H groups in total. The van der Waals surface area contributed by atoms with Gasteiger partial charge in [0.05, 0.1) is 18.8 Å². The van der Waals surface area contributed by atoms with E-state index in [4.69, 9.17) is 9.47 Å². The summed E-state index contributed by atoms with van der Waals surface area (Å²) in [6.45, 7) is 7.67. The van der Waals surface area contributed by atoms with Gasteiger partial charge in [0.2, 0.25) is 0 Å². The topological polar surface area (TPSA) is 42.0 Å². The van der Waals surface area contributed by atoms with Gasteiger partial charge in [0.25, 0.3) is 0 Å². The number of methoxy groups -OCH3 is 1. The molecule has 0 aromatic heterocycles. The molecule has 0 spiro atoms. The van der Waals surface area contributed by atoms with Gasteiger partial charge in [-0.15, -0.1) is 12.4 Å². The van der Waals surface area contributed by atoms with Gasteiger partial charge in [-0.1, -0.05) is 42.5 Å². The van der Waals surface area contributed by atoms with Crippen molar-refractivity contribution in [2.45, 2.75) is 37.8 Å². The van der Waals surface area contributed by atoms with Crippen LogP contribution in [0.5, 0.6) is 0 Å². The fraction of sp³-hybridized carbons (Fsp3) is 0.500.